The van der Waals surface area contributed by atoms with E-state index < -0.39 is 0 Å². The summed E-state index contributed by atoms with van der Waals surface area (Å²) >= 11 is 0. The van der Waals surface area contributed by atoms with Crippen molar-refractivity contribution in [2.24, 2.45) is 5.73 Å². The quantitative estimate of drug-likeness (QED) is 0.753. The minimum Gasteiger partial charge on any atom is -0.369 e. The van der Waals surface area contributed by atoms with E-state index in [-0.39, 0.29) is 17.4 Å². The Bertz CT molecular complexity index is 412. The van der Waals surface area contributed by atoms with Gasteiger partial charge in [-0.3, -0.25) is 4.79 Å². The lowest BCUT2D eigenvalue weighted by atomic mass is 9.85. The number of nitrogens with two attached hydrogens (primary N) is 1. The van der Waals surface area contributed by atoms with E-state index in [0.29, 0.717) is 0 Å². The number of hydrogen-bond acceptors (Lipinski definition) is 2. The number of benzene rings is 1. The van der Waals surface area contributed by atoms with E-state index in [1.54, 1.807) is 0 Å². The number of primary amides is 1. The van der Waals surface area contributed by atoms with E-state index in [1.165, 1.54) is 0 Å². The lowest BCUT2D eigenvalue weighted by molar-refractivity contribution is -0.120. The normalized spacial score (nSPS) is 22.6. The monoisotopic (exact) mass is 204 g/mol. The van der Waals surface area contributed by atoms with Gasteiger partial charge < -0.3 is 10.6 Å². The Morgan fingerprint density at radius 2 is 2.00 bits per heavy atom. The van der Waals surface area contributed by atoms with Crippen LogP contribution in [0.3, 0.4) is 0 Å². The molecule has 1 aromatic carbocycles. The number of nitrogens with zero attached hydrogens (tertiary/aromatic N) is 1. The average Bonchev–Trinajstić information content (AvgIpc) is 2.35. The highest BCUT2D eigenvalue weighted by Gasteiger charge is 2.45. The van der Waals surface area contributed by atoms with Crippen LogP contribution in [0.25, 0.3) is 0 Å². The van der Waals surface area contributed by atoms with Crippen molar-refractivity contribution in [2.75, 3.05) is 11.9 Å². The Kier molecular flexibility index (Phi) is 2.00. The van der Waals surface area contributed by atoms with Gasteiger partial charge in [-0.2, -0.15) is 0 Å². The molecular formula is C12H16N2O. The number of carbonyl (C=O) groups is 1. The molecule has 2 N–H and O–H groups in total. The Labute approximate surface area is 89.9 Å². The van der Waals surface area contributed by atoms with Crippen LogP contribution in [0, 0.1) is 0 Å². The van der Waals surface area contributed by atoms with Crippen LogP contribution in [-0.4, -0.2) is 18.5 Å². The molecule has 1 aliphatic rings. The molecule has 1 atom stereocenters. The molecule has 0 aromatic heterocycles. The molecule has 1 heterocycles. The number of carbonyl (C=O) groups excluding carboxylic acids is 1. The van der Waals surface area contributed by atoms with E-state index in [1.807, 2.05) is 45.2 Å². The molecule has 0 bridgehead atoms. The van der Waals surface area contributed by atoms with Gasteiger partial charge in [-0.25, -0.2) is 0 Å². The van der Waals surface area contributed by atoms with Crippen LogP contribution in [0.1, 0.15) is 25.3 Å². The van der Waals surface area contributed by atoms with E-state index in [2.05, 4.69) is 4.90 Å². The highest BCUT2D eigenvalue weighted by Crippen LogP contribution is 2.45. The summed E-state index contributed by atoms with van der Waals surface area (Å²) in [5.41, 5.74) is 7.39. The van der Waals surface area contributed by atoms with Crippen LogP contribution in [-0.2, 0) is 4.79 Å². The molecule has 3 nitrogen and oxygen atoms in total. The highest BCUT2D eigenvalue weighted by molar-refractivity contribution is 5.89. The number of fused-ring (bicyclic) bond motifs is 1. The molecule has 1 unspecified atom stereocenters. The molecule has 3 heteroatoms. The molecule has 0 aliphatic carbocycles. The van der Waals surface area contributed by atoms with Gasteiger partial charge in [-0.15, -0.1) is 0 Å². The highest BCUT2D eigenvalue weighted by atomic mass is 16.1. The maximum Gasteiger partial charge on any atom is 0.227 e. The molecule has 0 fully saturated rings. The Morgan fingerprint density at radius 3 is 2.60 bits per heavy atom. The summed E-state index contributed by atoms with van der Waals surface area (Å²) in [5.74, 6) is -0.476. The van der Waals surface area contributed by atoms with E-state index in [9.17, 15) is 4.79 Å². The third-order valence-electron chi connectivity index (χ3n) is 3.46. The summed E-state index contributed by atoms with van der Waals surface area (Å²) in [5, 5.41) is 0. The number of likely N-dealkylation sites (N-methyl/N-ethyl adjacent to an activating group) is 1. The number of hydrogen-bond donors (Lipinski definition) is 1. The lowest BCUT2D eigenvalue weighted by Crippen LogP contribution is -2.45. The SMILES string of the molecule is CN1c2ccccc2C(C(N)=O)C1(C)C. The predicted octanol–water partition coefficient (Wildman–Crippen LogP) is 1.48. The summed E-state index contributed by atoms with van der Waals surface area (Å²) in [7, 11) is 2.00. The molecule has 15 heavy (non-hydrogen) atoms. The number of rotatable bonds is 1. The first-order chi connectivity index (χ1) is 6.96. The summed E-state index contributed by atoms with van der Waals surface area (Å²) in [6, 6.07) is 7.94. The molecular weight excluding hydrogens is 188 g/mol. The van der Waals surface area contributed by atoms with Crippen molar-refractivity contribution in [3.8, 4) is 0 Å². The average molecular weight is 204 g/mol. The van der Waals surface area contributed by atoms with Crippen LogP contribution >= 0.6 is 0 Å². The Balaban J connectivity index is 2.61. The fraction of sp³-hybridized carbons (Fsp3) is 0.417. The first-order valence-electron chi connectivity index (χ1n) is 5.08. The molecule has 1 aromatic rings. The van der Waals surface area contributed by atoms with Crippen LogP contribution in [0.15, 0.2) is 24.3 Å². The van der Waals surface area contributed by atoms with Crippen LogP contribution in [0.5, 0.6) is 0 Å². The lowest BCUT2D eigenvalue weighted by Gasteiger charge is -2.33. The standard InChI is InChI=1S/C12H16N2O/c1-12(2)10(11(13)15)8-6-4-5-7-9(8)14(12)3/h4-7,10H,1-3H3,(H2,13,15). The van der Waals surface area contributed by atoms with Gasteiger partial charge in [0.15, 0.2) is 0 Å². The summed E-state index contributed by atoms with van der Waals surface area (Å²) < 4.78 is 0. The topological polar surface area (TPSA) is 46.3 Å². The van der Waals surface area contributed by atoms with Gasteiger partial charge in [-0.1, -0.05) is 18.2 Å². The van der Waals surface area contributed by atoms with Crippen LogP contribution < -0.4 is 10.6 Å². The van der Waals surface area contributed by atoms with Gasteiger partial charge >= 0.3 is 0 Å². The second-order valence-corrected chi connectivity index (χ2v) is 4.61. The van der Waals surface area contributed by atoms with Crippen molar-refractivity contribution in [3.05, 3.63) is 29.8 Å². The minimum atomic E-state index is -0.253. The molecule has 1 aliphatic heterocycles. The predicted molar refractivity (Wildman–Crippen MR) is 60.9 cm³/mol. The van der Waals surface area contributed by atoms with Crippen molar-refractivity contribution in [1.82, 2.24) is 0 Å². The Morgan fingerprint density at radius 1 is 1.40 bits per heavy atom. The fourth-order valence-electron chi connectivity index (χ4n) is 2.42. The van der Waals surface area contributed by atoms with Crippen molar-refractivity contribution >= 4 is 11.6 Å². The molecule has 0 spiro atoms. The largest absolute Gasteiger partial charge is 0.369 e. The summed E-state index contributed by atoms with van der Waals surface area (Å²) in [4.78, 5) is 13.6. The molecule has 2 rings (SSSR count). The molecule has 80 valence electrons. The number of para-hydroxylation sites is 1. The van der Waals surface area contributed by atoms with Crippen molar-refractivity contribution in [2.45, 2.75) is 25.3 Å². The molecule has 0 saturated carbocycles. The maximum absolute atomic E-state index is 11.5. The van der Waals surface area contributed by atoms with Gasteiger partial charge in [0.05, 0.1) is 5.92 Å². The first-order valence-corrected chi connectivity index (χ1v) is 5.08. The molecule has 0 saturated heterocycles. The maximum atomic E-state index is 11.5. The third-order valence-corrected chi connectivity index (χ3v) is 3.46. The minimum absolute atomic E-state index is 0.223. The van der Waals surface area contributed by atoms with Gasteiger partial charge in [0.2, 0.25) is 5.91 Å². The van der Waals surface area contributed by atoms with Gasteiger partial charge in [0, 0.05) is 18.3 Å². The summed E-state index contributed by atoms with van der Waals surface area (Å²) in [6.07, 6.45) is 0. The smallest absolute Gasteiger partial charge is 0.227 e. The van der Waals surface area contributed by atoms with Crippen molar-refractivity contribution in [1.29, 1.82) is 0 Å². The Hall–Kier alpha value is -1.51. The molecule has 0 radical (unpaired) electrons. The zero-order valence-corrected chi connectivity index (χ0v) is 9.32. The number of amides is 1. The van der Waals surface area contributed by atoms with E-state index in [4.69, 9.17) is 5.73 Å². The first kappa shape index (κ1) is 10.0. The number of anilines is 1. The van der Waals surface area contributed by atoms with Crippen LogP contribution in [0.4, 0.5) is 5.69 Å². The van der Waals surface area contributed by atoms with Crippen LogP contribution in [0.2, 0.25) is 0 Å². The van der Waals surface area contributed by atoms with Gasteiger partial charge in [0.25, 0.3) is 0 Å². The van der Waals surface area contributed by atoms with E-state index in [0.717, 1.165) is 11.3 Å². The van der Waals surface area contributed by atoms with Crippen molar-refractivity contribution in [3.63, 3.8) is 0 Å². The zero-order chi connectivity index (χ0) is 11.2. The van der Waals surface area contributed by atoms with E-state index >= 15 is 0 Å². The second-order valence-electron chi connectivity index (χ2n) is 4.61. The van der Waals surface area contributed by atoms with Gasteiger partial charge in [0.1, 0.15) is 0 Å². The van der Waals surface area contributed by atoms with Crippen molar-refractivity contribution < 1.29 is 4.79 Å². The third kappa shape index (κ3) is 1.23. The van der Waals surface area contributed by atoms with Gasteiger partial charge in [-0.05, 0) is 25.5 Å². The second kappa shape index (κ2) is 2.99. The fourth-order valence-corrected chi connectivity index (χ4v) is 2.42. The zero-order valence-electron chi connectivity index (χ0n) is 9.32. The summed E-state index contributed by atoms with van der Waals surface area (Å²) in [6.45, 7) is 4.09. The molecule has 1 amide bonds.